The average molecular weight is 424 g/mol. The molecule has 0 amide bonds. The highest BCUT2D eigenvalue weighted by Crippen LogP contribution is 2.40. The minimum absolute atomic E-state index is 0.350. The number of hydrogen-bond donors (Lipinski definition) is 1. The SMILES string of the molecule is COC(Cc1ccccc1)c1cn(CC(=O)O)c(=O)c2c(C)c(-c3ncco3)sc12. The molecule has 0 fully saturated rings. The van der Waals surface area contributed by atoms with Gasteiger partial charge in [-0.3, -0.25) is 9.59 Å². The van der Waals surface area contributed by atoms with E-state index in [1.807, 2.05) is 37.3 Å². The first-order valence-electron chi connectivity index (χ1n) is 9.34. The molecule has 0 aliphatic carbocycles. The summed E-state index contributed by atoms with van der Waals surface area (Å²) in [5, 5.41) is 9.77. The number of aliphatic carboxylic acids is 1. The lowest BCUT2D eigenvalue weighted by Gasteiger charge is -2.18. The highest BCUT2D eigenvalue weighted by Gasteiger charge is 2.24. The zero-order valence-corrected chi connectivity index (χ0v) is 17.3. The molecule has 4 rings (SSSR count). The van der Waals surface area contributed by atoms with E-state index >= 15 is 0 Å². The molecule has 3 heterocycles. The molecule has 0 saturated heterocycles. The molecule has 0 aliphatic rings. The summed E-state index contributed by atoms with van der Waals surface area (Å²) < 4.78 is 13.2. The zero-order valence-electron chi connectivity index (χ0n) is 16.5. The number of carboxylic acid groups (broad SMARTS) is 1. The number of rotatable bonds is 7. The third kappa shape index (κ3) is 3.67. The Morgan fingerprint density at radius 1 is 1.33 bits per heavy atom. The Hall–Kier alpha value is -3.23. The van der Waals surface area contributed by atoms with Gasteiger partial charge in [-0.05, 0) is 18.1 Å². The summed E-state index contributed by atoms with van der Waals surface area (Å²) in [6.45, 7) is 1.40. The van der Waals surface area contributed by atoms with Crippen LogP contribution in [0.3, 0.4) is 0 Å². The molecule has 1 aromatic carbocycles. The van der Waals surface area contributed by atoms with Crippen molar-refractivity contribution in [1.82, 2.24) is 9.55 Å². The number of ether oxygens (including phenoxy) is 1. The van der Waals surface area contributed by atoms with E-state index in [1.54, 1.807) is 19.5 Å². The Kier molecular flexibility index (Phi) is 5.52. The summed E-state index contributed by atoms with van der Waals surface area (Å²) in [4.78, 5) is 29.4. The number of nitrogens with zero attached hydrogens (tertiary/aromatic N) is 2. The van der Waals surface area contributed by atoms with E-state index in [1.165, 1.54) is 22.2 Å². The van der Waals surface area contributed by atoms with Crippen molar-refractivity contribution >= 4 is 27.4 Å². The minimum atomic E-state index is -1.08. The van der Waals surface area contributed by atoms with Crippen LogP contribution in [0.2, 0.25) is 0 Å². The van der Waals surface area contributed by atoms with Crippen LogP contribution >= 0.6 is 11.3 Å². The summed E-state index contributed by atoms with van der Waals surface area (Å²) in [6.07, 6.45) is 4.87. The number of pyridine rings is 1. The van der Waals surface area contributed by atoms with Crippen LogP contribution in [0.5, 0.6) is 0 Å². The first-order chi connectivity index (χ1) is 14.5. The molecule has 0 bridgehead atoms. The van der Waals surface area contributed by atoms with Gasteiger partial charge in [-0.25, -0.2) is 4.98 Å². The van der Waals surface area contributed by atoms with Gasteiger partial charge in [0.2, 0.25) is 5.89 Å². The maximum Gasteiger partial charge on any atom is 0.323 e. The van der Waals surface area contributed by atoms with Crippen LogP contribution in [0.1, 0.15) is 22.8 Å². The highest BCUT2D eigenvalue weighted by atomic mass is 32.1. The monoisotopic (exact) mass is 424 g/mol. The number of carbonyl (C=O) groups is 1. The van der Waals surface area contributed by atoms with E-state index in [9.17, 15) is 14.7 Å². The summed E-state index contributed by atoms with van der Waals surface area (Å²) in [7, 11) is 1.61. The van der Waals surface area contributed by atoms with E-state index in [2.05, 4.69) is 4.98 Å². The molecule has 1 N–H and O–H groups in total. The molecular formula is C22H20N2O5S. The molecule has 8 heteroatoms. The first-order valence-corrected chi connectivity index (χ1v) is 10.2. The van der Waals surface area contributed by atoms with Gasteiger partial charge in [0, 0.05) is 30.0 Å². The van der Waals surface area contributed by atoms with E-state index in [0.29, 0.717) is 17.7 Å². The number of aryl methyl sites for hydroxylation is 1. The fourth-order valence-electron chi connectivity index (χ4n) is 3.58. The van der Waals surface area contributed by atoms with Crippen LogP contribution in [-0.2, 0) is 22.5 Å². The third-order valence-electron chi connectivity index (χ3n) is 5.01. The summed E-state index contributed by atoms with van der Waals surface area (Å²) in [6, 6.07) is 9.88. The number of carboxylic acids is 1. The second-order valence-electron chi connectivity index (χ2n) is 6.92. The number of methoxy groups -OCH3 is 1. The molecule has 0 saturated carbocycles. The van der Waals surface area contributed by atoms with Gasteiger partial charge >= 0.3 is 5.97 Å². The molecule has 154 valence electrons. The number of benzene rings is 1. The van der Waals surface area contributed by atoms with Crippen molar-refractivity contribution in [1.29, 1.82) is 0 Å². The van der Waals surface area contributed by atoms with E-state index in [0.717, 1.165) is 26.3 Å². The molecular weight excluding hydrogens is 404 g/mol. The van der Waals surface area contributed by atoms with Crippen LogP contribution in [0.25, 0.3) is 20.9 Å². The first kappa shape index (κ1) is 20.1. The Morgan fingerprint density at radius 2 is 2.10 bits per heavy atom. The highest BCUT2D eigenvalue weighted by molar-refractivity contribution is 7.22. The topological polar surface area (TPSA) is 94.6 Å². The second-order valence-corrected chi connectivity index (χ2v) is 7.94. The molecule has 1 unspecified atom stereocenters. The molecule has 4 aromatic rings. The maximum atomic E-state index is 13.1. The standard InChI is InChI=1S/C22H20N2O5S/c1-13-18-20(30-19(13)21-23-8-9-29-21)15(11-24(22(18)27)12-17(25)26)16(28-2)10-14-6-4-3-5-7-14/h3-9,11,16H,10,12H2,1-2H3,(H,25,26). The predicted molar refractivity (Wildman–Crippen MR) is 114 cm³/mol. The number of thiophene rings is 1. The molecule has 0 aliphatic heterocycles. The number of fused-ring (bicyclic) bond motifs is 1. The van der Waals surface area contributed by atoms with Gasteiger partial charge in [0.25, 0.3) is 5.56 Å². The van der Waals surface area contributed by atoms with Crippen LogP contribution < -0.4 is 5.56 Å². The lowest BCUT2D eigenvalue weighted by Crippen LogP contribution is -2.25. The van der Waals surface area contributed by atoms with E-state index in [4.69, 9.17) is 9.15 Å². The molecule has 30 heavy (non-hydrogen) atoms. The molecule has 1 atom stereocenters. The summed E-state index contributed by atoms with van der Waals surface area (Å²) >= 11 is 1.41. The summed E-state index contributed by atoms with van der Waals surface area (Å²) in [5.74, 6) is -0.652. The smallest absolute Gasteiger partial charge is 0.323 e. The Morgan fingerprint density at radius 3 is 2.73 bits per heavy atom. The number of oxazole rings is 1. The lowest BCUT2D eigenvalue weighted by atomic mass is 10.0. The Labute approximate surface area is 176 Å². The van der Waals surface area contributed by atoms with Crippen LogP contribution in [-0.4, -0.2) is 27.7 Å². The molecule has 0 spiro atoms. The van der Waals surface area contributed by atoms with Crippen molar-refractivity contribution in [2.24, 2.45) is 0 Å². The van der Waals surface area contributed by atoms with Gasteiger partial charge in [0.15, 0.2) is 0 Å². The molecule has 0 radical (unpaired) electrons. The average Bonchev–Trinajstić information content (AvgIpc) is 3.37. The fourth-order valence-corrected chi connectivity index (χ4v) is 4.88. The maximum absolute atomic E-state index is 13.1. The fraction of sp³-hybridized carbons (Fsp3) is 0.227. The van der Waals surface area contributed by atoms with Crippen LogP contribution in [0.15, 0.2) is 58.2 Å². The predicted octanol–water partition coefficient (Wildman–Crippen LogP) is 4.04. The van der Waals surface area contributed by atoms with Crippen molar-refractivity contribution in [3.63, 3.8) is 0 Å². The van der Waals surface area contributed by atoms with Crippen molar-refractivity contribution in [2.75, 3.05) is 7.11 Å². The van der Waals surface area contributed by atoms with Gasteiger partial charge in [0.05, 0.1) is 22.6 Å². The van der Waals surface area contributed by atoms with Gasteiger partial charge < -0.3 is 18.8 Å². The normalized spacial score (nSPS) is 12.3. The molecule has 7 nitrogen and oxygen atoms in total. The van der Waals surface area contributed by atoms with Gasteiger partial charge in [0.1, 0.15) is 12.8 Å². The van der Waals surface area contributed by atoms with Crippen molar-refractivity contribution < 1.29 is 19.1 Å². The molecule has 3 aromatic heterocycles. The quantitative estimate of drug-likeness (QED) is 0.481. The lowest BCUT2D eigenvalue weighted by molar-refractivity contribution is -0.137. The van der Waals surface area contributed by atoms with Crippen LogP contribution in [0.4, 0.5) is 0 Å². The van der Waals surface area contributed by atoms with Crippen molar-refractivity contribution in [2.45, 2.75) is 26.0 Å². The Balaban J connectivity index is 1.94. The van der Waals surface area contributed by atoms with E-state index in [-0.39, 0.29) is 11.7 Å². The minimum Gasteiger partial charge on any atom is -0.480 e. The zero-order chi connectivity index (χ0) is 21.3. The number of hydrogen-bond acceptors (Lipinski definition) is 6. The number of aromatic nitrogens is 2. The Bertz CT molecular complexity index is 1240. The largest absolute Gasteiger partial charge is 0.480 e. The van der Waals surface area contributed by atoms with Gasteiger partial charge in [-0.2, -0.15) is 0 Å². The van der Waals surface area contributed by atoms with Gasteiger partial charge in [-0.15, -0.1) is 11.3 Å². The van der Waals surface area contributed by atoms with Crippen LogP contribution in [0, 0.1) is 6.92 Å². The van der Waals surface area contributed by atoms with E-state index < -0.39 is 12.5 Å². The second kappa shape index (κ2) is 8.25. The third-order valence-corrected chi connectivity index (χ3v) is 6.33. The van der Waals surface area contributed by atoms with Crippen molar-refractivity contribution in [3.05, 3.63) is 76.0 Å². The van der Waals surface area contributed by atoms with Crippen molar-refractivity contribution in [3.8, 4) is 10.8 Å². The summed E-state index contributed by atoms with van der Waals surface area (Å²) in [5.41, 5.74) is 2.22. The van der Waals surface area contributed by atoms with Gasteiger partial charge in [-0.1, -0.05) is 30.3 Å².